The lowest BCUT2D eigenvalue weighted by molar-refractivity contribution is -0.143. The summed E-state index contributed by atoms with van der Waals surface area (Å²) in [6, 6.07) is 6.58. The van der Waals surface area contributed by atoms with Crippen molar-refractivity contribution in [2.24, 2.45) is 0 Å². The molecule has 1 unspecified atom stereocenters. The molecule has 0 amide bonds. The van der Waals surface area contributed by atoms with Crippen LogP contribution in [0, 0.1) is 6.92 Å². The van der Waals surface area contributed by atoms with Gasteiger partial charge in [0.1, 0.15) is 24.2 Å². The number of aromatic nitrogens is 1. The van der Waals surface area contributed by atoms with Gasteiger partial charge in [-0.15, -0.1) is 0 Å². The Morgan fingerprint density at radius 2 is 2.22 bits per heavy atom. The molecule has 6 heteroatoms. The van der Waals surface area contributed by atoms with Crippen LogP contribution in [0.15, 0.2) is 28.8 Å². The number of hydrogen-bond donors (Lipinski definition) is 1. The number of aryl methyl sites for hydroxylation is 2. The number of hydrogen-bond acceptors (Lipinski definition) is 5. The van der Waals surface area contributed by atoms with Crippen LogP contribution in [0.2, 0.25) is 0 Å². The summed E-state index contributed by atoms with van der Waals surface area (Å²) in [7, 11) is 0. The van der Waals surface area contributed by atoms with Crippen LogP contribution in [0.25, 0.3) is 0 Å². The molecule has 6 nitrogen and oxygen atoms in total. The van der Waals surface area contributed by atoms with Crippen molar-refractivity contribution in [3.8, 4) is 5.75 Å². The molecule has 0 bridgehead atoms. The molecule has 0 spiro atoms. The lowest BCUT2D eigenvalue weighted by Crippen LogP contribution is -2.35. The average molecular weight is 316 g/mol. The maximum absolute atomic E-state index is 11.9. The third-order valence-electron chi connectivity index (χ3n) is 4.21. The molecule has 3 rings (SSSR count). The number of ether oxygens (including phenoxy) is 1. The number of carboxylic acids is 1. The zero-order valence-corrected chi connectivity index (χ0v) is 13.3. The highest BCUT2D eigenvalue weighted by molar-refractivity contribution is 5.77. The van der Waals surface area contributed by atoms with Gasteiger partial charge in [0.25, 0.3) is 0 Å². The smallest absolute Gasteiger partial charge is 0.325 e. The molecule has 1 aliphatic heterocycles. The summed E-state index contributed by atoms with van der Waals surface area (Å²) in [5.41, 5.74) is 2.54. The Morgan fingerprint density at radius 1 is 1.43 bits per heavy atom. The largest absolute Gasteiger partial charge is 0.492 e. The van der Waals surface area contributed by atoms with E-state index in [-0.39, 0.29) is 0 Å². The fraction of sp³-hybridized carbons (Fsp3) is 0.412. The van der Waals surface area contributed by atoms with E-state index in [9.17, 15) is 9.90 Å². The number of aliphatic carboxylic acids is 1. The molecule has 122 valence electrons. The topological polar surface area (TPSA) is 75.8 Å². The minimum Gasteiger partial charge on any atom is -0.492 e. The van der Waals surface area contributed by atoms with E-state index in [2.05, 4.69) is 5.16 Å². The van der Waals surface area contributed by atoms with E-state index in [0.717, 1.165) is 23.4 Å². The van der Waals surface area contributed by atoms with E-state index >= 15 is 0 Å². The van der Waals surface area contributed by atoms with Crippen molar-refractivity contribution in [2.45, 2.75) is 32.9 Å². The number of benzene rings is 1. The molecular formula is C17H20N2O4. The predicted octanol–water partition coefficient (Wildman–Crippen LogP) is 2.57. The van der Waals surface area contributed by atoms with E-state index in [0.29, 0.717) is 31.0 Å². The second-order valence-corrected chi connectivity index (χ2v) is 5.62. The molecule has 0 radical (unpaired) electrons. The van der Waals surface area contributed by atoms with Crippen molar-refractivity contribution < 1.29 is 19.2 Å². The molecule has 0 saturated heterocycles. The Balaban J connectivity index is 1.97. The molecule has 1 atom stereocenters. The first-order chi connectivity index (χ1) is 11.1. The lowest BCUT2D eigenvalue weighted by Gasteiger charge is -2.26. The number of nitrogens with zero attached hydrogens (tertiary/aromatic N) is 2. The summed E-state index contributed by atoms with van der Waals surface area (Å²) >= 11 is 0. The van der Waals surface area contributed by atoms with Crippen molar-refractivity contribution in [3.63, 3.8) is 0 Å². The van der Waals surface area contributed by atoms with Crippen LogP contribution in [-0.4, -0.2) is 34.3 Å². The van der Waals surface area contributed by atoms with Crippen molar-refractivity contribution in [1.82, 2.24) is 10.1 Å². The maximum atomic E-state index is 11.9. The Morgan fingerprint density at radius 3 is 2.96 bits per heavy atom. The summed E-state index contributed by atoms with van der Waals surface area (Å²) in [6.45, 7) is 5.33. The van der Waals surface area contributed by atoms with Gasteiger partial charge in [-0.3, -0.25) is 9.69 Å². The zero-order valence-electron chi connectivity index (χ0n) is 13.3. The van der Waals surface area contributed by atoms with Crippen molar-refractivity contribution in [1.29, 1.82) is 0 Å². The SMILES string of the molecule is CCc1noc(C)c1CN1CCOc2ccccc2C1C(=O)O. The fourth-order valence-corrected chi connectivity index (χ4v) is 3.02. The third kappa shape index (κ3) is 2.94. The van der Waals surface area contributed by atoms with Crippen LogP contribution in [0.4, 0.5) is 0 Å². The normalized spacial score (nSPS) is 18.1. The summed E-state index contributed by atoms with van der Waals surface area (Å²) < 4.78 is 11.0. The summed E-state index contributed by atoms with van der Waals surface area (Å²) in [5.74, 6) is 0.500. The highest BCUT2D eigenvalue weighted by Crippen LogP contribution is 2.33. The van der Waals surface area contributed by atoms with Gasteiger partial charge in [0.2, 0.25) is 0 Å². The predicted molar refractivity (Wildman–Crippen MR) is 83.3 cm³/mol. The van der Waals surface area contributed by atoms with Crippen LogP contribution in [-0.2, 0) is 17.8 Å². The highest BCUT2D eigenvalue weighted by atomic mass is 16.5. The van der Waals surface area contributed by atoms with E-state index in [1.165, 1.54) is 0 Å². The molecule has 0 saturated carbocycles. The van der Waals surface area contributed by atoms with Crippen molar-refractivity contribution in [2.75, 3.05) is 13.2 Å². The highest BCUT2D eigenvalue weighted by Gasteiger charge is 2.33. The fourth-order valence-electron chi connectivity index (χ4n) is 3.02. The second-order valence-electron chi connectivity index (χ2n) is 5.62. The van der Waals surface area contributed by atoms with E-state index in [4.69, 9.17) is 9.26 Å². The number of para-hydroxylation sites is 1. The molecule has 0 fully saturated rings. The van der Waals surface area contributed by atoms with Crippen LogP contribution < -0.4 is 4.74 Å². The van der Waals surface area contributed by atoms with Gasteiger partial charge in [0.15, 0.2) is 0 Å². The molecule has 1 aromatic heterocycles. The van der Waals surface area contributed by atoms with Gasteiger partial charge in [-0.1, -0.05) is 30.3 Å². The van der Waals surface area contributed by atoms with Gasteiger partial charge in [-0.2, -0.15) is 0 Å². The lowest BCUT2D eigenvalue weighted by atomic mass is 10.0. The number of rotatable bonds is 4. The number of fused-ring (bicyclic) bond motifs is 1. The molecule has 1 aromatic carbocycles. The van der Waals surface area contributed by atoms with Gasteiger partial charge >= 0.3 is 5.97 Å². The number of carbonyl (C=O) groups is 1. The Kier molecular flexibility index (Phi) is 4.34. The molecule has 23 heavy (non-hydrogen) atoms. The van der Waals surface area contributed by atoms with Crippen LogP contribution in [0.5, 0.6) is 5.75 Å². The van der Waals surface area contributed by atoms with Crippen molar-refractivity contribution >= 4 is 5.97 Å². The van der Waals surface area contributed by atoms with Gasteiger partial charge in [-0.25, -0.2) is 0 Å². The second kappa shape index (κ2) is 6.42. The number of carboxylic acid groups (broad SMARTS) is 1. The van der Waals surface area contributed by atoms with Gasteiger partial charge in [0, 0.05) is 24.2 Å². The Bertz CT molecular complexity index is 710. The van der Waals surface area contributed by atoms with Crippen LogP contribution >= 0.6 is 0 Å². The van der Waals surface area contributed by atoms with Gasteiger partial charge in [0.05, 0.1) is 5.69 Å². The van der Waals surface area contributed by atoms with Crippen LogP contribution in [0.1, 0.15) is 35.5 Å². The monoisotopic (exact) mass is 316 g/mol. The molecule has 2 heterocycles. The molecule has 1 N–H and O–H groups in total. The molecular weight excluding hydrogens is 296 g/mol. The van der Waals surface area contributed by atoms with E-state index in [1.807, 2.05) is 43.0 Å². The molecule has 0 aliphatic carbocycles. The first kappa shape index (κ1) is 15.6. The quantitative estimate of drug-likeness (QED) is 0.934. The maximum Gasteiger partial charge on any atom is 0.325 e. The Labute approximate surface area is 134 Å². The van der Waals surface area contributed by atoms with Gasteiger partial charge in [-0.05, 0) is 19.4 Å². The third-order valence-corrected chi connectivity index (χ3v) is 4.21. The average Bonchev–Trinajstić information content (AvgIpc) is 2.78. The first-order valence-corrected chi connectivity index (χ1v) is 7.74. The van der Waals surface area contributed by atoms with Crippen LogP contribution in [0.3, 0.4) is 0 Å². The standard InChI is InChI=1S/C17H20N2O4/c1-3-14-13(11(2)23-18-14)10-19-8-9-22-15-7-5-4-6-12(15)16(19)17(20)21/h4-7,16H,3,8-10H2,1-2H3,(H,20,21). The summed E-state index contributed by atoms with van der Waals surface area (Å²) in [4.78, 5) is 13.8. The minimum atomic E-state index is -0.880. The van der Waals surface area contributed by atoms with E-state index in [1.54, 1.807) is 0 Å². The van der Waals surface area contributed by atoms with E-state index < -0.39 is 12.0 Å². The Hall–Kier alpha value is -2.34. The van der Waals surface area contributed by atoms with Gasteiger partial charge < -0.3 is 14.4 Å². The molecule has 1 aliphatic rings. The summed E-state index contributed by atoms with van der Waals surface area (Å²) in [6.07, 6.45) is 0.755. The summed E-state index contributed by atoms with van der Waals surface area (Å²) in [5, 5.41) is 13.8. The first-order valence-electron chi connectivity index (χ1n) is 7.74. The van der Waals surface area contributed by atoms with Crippen molar-refractivity contribution in [3.05, 3.63) is 46.8 Å². The minimum absolute atomic E-state index is 0.451. The molecule has 2 aromatic rings. The zero-order chi connectivity index (χ0) is 16.4.